The molecule has 0 saturated carbocycles. The van der Waals surface area contributed by atoms with Gasteiger partial charge in [-0.3, -0.25) is 19.0 Å². The predicted octanol–water partition coefficient (Wildman–Crippen LogP) is 2.81. The van der Waals surface area contributed by atoms with Crippen molar-refractivity contribution in [2.75, 3.05) is 0 Å². The zero-order valence-corrected chi connectivity index (χ0v) is 15.8. The molecule has 8 heteroatoms. The van der Waals surface area contributed by atoms with E-state index >= 15 is 0 Å². The Morgan fingerprint density at radius 3 is 2.93 bits per heavy atom. The molecule has 0 aliphatic carbocycles. The van der Waals surface area contributed by atoms with Crippen LogP contribution in [0.1, 0.15) is 17.0 Å². The third-order valence-electron chi connectivity index (χ3n) is 4.11. The van der Waals surface area contributed by atoms with Crippen molar-refractivity contribution in [3.8, 4) is 10.6 Å². The summed E-state index contributed by atoms with van der Waals surface area (Å²) < 4.78 is 6.76. The molecule has 0 unspecified atom stereocenters. The van der Waals surface area contributed by atoms with Crippen molar-refractivity contribution < 1.29 is 9.53 Å². The Balaban J connectivity index is 1.43. The van der Waals surface area contributed by atoms with Crippen molar-refractivity contribution in [2.24, 2.45) is 0 Å². The van der Waals surface area contributed by atoms with Crippen LogP contribution in [0.4, 0.5) is 0 Å². The Bertz CT molecular complexity index is 1200. The van der Waals surface area contributed by atoms with Crippen molar-refractivity contribution in [2.45, 2.75) is 20.0 Å². The molecule has 4 heterocycles. The third-order valence-corrected chi connectivity index (χ3v) is 5.05. The maximum atomic E-state index is 12.2. The van der Waals surface area contributed by atoms with Crippen molar-refractivity contribution >= 4 is 23.0 Å². The van der Waals surface area contributed by atoms with Gasteiger partial charge < -0.3 is 4.74 Å². The average molecular weight is 392 g/mol. The largest absolute Gasteiger partial charge is 0.459 e. The highest BCUT2D eigenvalue weighted by atomic mass is 32.1. The number of thiazole rings is 1. The smallest absolute Gasteiger partial charge is 0.312 e. The first-order valence-electron chi connectivity index (χ1n) is 8.58. The highest BCUT2D eigenvalue weighted by Crippen LogP contribution is 2.22. The number of nitrogens with zero attached hydrogens (tertiary/aromatic N) is 4. The highest BCUT2D eigenvalue weighted by Gasteiger charge is 2.12. The summed E-state index contributed by atoms with van der Waals surface area (Å²) in [5.74, 6) is -0.421. The second kappa shape index (κ2) is 7.69. The lowest BCUT2D eigenvalue weighted by atomic mass is 10.3. The monoisotopic (exact) mass is 392 g/mol. The number of esters is 1. The first-order valence-corrected chi connectivity index (χ1v) is 9.46. The molecule has 0 saturated heterocycles. The zero-order chi connectivity index (χ0) is 19.5. The molecule has 0 aliphatic rings. The number of aromatic nitrogens is 4. The SMILES string of the molecule is Cc1cccn2c(=O)cc(COC(=O)Cc3csc(-c4cccnc4)n3)nc12. The molecule has 0 radical (unpaired) electrons. The summed E-state index contributed by atoms with van der Waals surface area (Å²) in [6, 6.07) is 8.80. The number of hydrogen-bond donors (Lipinski definition) is 0. The Kier molecular flexibility index (Phi) is 4.94. The van der Waals surface area contributed by atoms with Gasteiger partial charge in [-0.15, -0.1) is 11.3 Å². The van der Waals surface area contributed by atoms with Crippen LogP contribution in [0.5, 0.6) is 0 Å². The molecule has 0 aliphatic heterocycles. The molecule has 0 bridgehead atoms. The minimum Gasteiger partial charge on any atom is -0.459 e. The zero-order valence-electron chi connectivity index (χ0n) is 15.0. The van der Waals surface area contributed by atoms with E-state index in [1.807, 2.05) is 30.5 Å². The van der Waals surface area contributed by atoms with Gasteiger partial charge in [-0.1, -0.05) is 6.07 Å². The summed E-state index contributed by atoms with van der Waals surface area (Å²) in [5.41, 5.74) is 3.18. The third kappa shape index (κ3) is 3.81. The van der Waals surface area contributed by atoms with E-state index in [4.69, 9.17) is 4.74 Å². The lowest BCUT2D eigenvalue weighted by Crippen LogP contribution is -2.17. The van der Waals surface area contributed by atoms with Gasteiger partial charge in [0.1, 0.15) is 17.3 Å². The summed E-state index contributed by atoms with van der Waals surface area (Å²) in [5, 5.41) is 2.63. The Labute approximate surface area is 164 Å². The summed E-state index contributed by atoms with van der Waals surface area (Å²) in [4.78, 5) is 37.3. The van der Waals surface area contributed by atoms with Gasteiger partial charge in [0.2, 0.25) is 0 Å². The fourth-order valence-corrected chi connectivity index (χ4v) is 3.56. The number of rotatable bonds is 5. The fourth-order valence-electron chi connectivity index (χ4n) is 2.75. The van der Waals surface area contributed by atoms with Crippen LogP contribution in [0.15, 0.2) is 59.1 Å². The minimum absolute atomic E-state index is 0.0570. The van der Waals surface area contributed by atoms with Gasteiger partial charge in [0.15, 0.2) is 0 Å². The number of carbonyl (C=O) groups is 1. The van der Waals surface area contributed by atoms with Crippen molar-refractivity contribution in [1.29, 1.82) is 0 Å². The Hall–Kier alpha value is -3.39. The van der Waals surface area contributed by atoms with Gasteiger partial charge in [-0.25, -0.2) is 9.97 Å². The Morgan fingerprint density at radius 2 is 2.11 bits per heavy atom. The van der Waals surface area contributed by atoms with Crippen LogP contribution in [0.3, 0.4) is 0 Å². The molecule has 140 valence electrons. The molecule has 0 N–H and O–H groups in total. The van der Waals surface area contributed by atoms with Crippen molar-refractivity contribution in [3.63, 3.8) is 0 Å². The van der Waals surface area contributed by atoms with Gasteiger partial charge in [0.25, 0.3) is 5.56 Å². The highest BCUT2D eigenvalue weighted by molar-refractivity contribution is 7.13. The maximum Gasteiger partial charge on any atom is 0.312 e. The molecule has 4 aromatic rings. The van der Waals surface area contributed by atoms with Crippen molar-refractivity contribution in [1.82, 2.24) is 19.4 Å². The first-order chi connectivity index (χ1) is 13.6. The standard InChI is InChI=1S/C20H16N4O3S/c1-13-4-3-7-24-17(25)8-15(22-19(13)24)11-27-18(26)9-16-12-28-20(23-16)14-5-2-6-21-10-14/h2-8,10,12H,9,11H2,1H3. The summed E-state index contributed by atoms with van der Waals surface area (Å²) in [6.45, 7) is 1.82. The first kappa shape index (κ1) is 18.0. The van der Waals surface area contributed by atoms with Gasteiger partial charge in [-0.05, 0) is 30.7 Å². The van der Waals surface area contributed by atoms with Gasteiger partial charge in [-0.2, -0.15) is 0 Å². The van der Waals surface area contributed by atoms with Crippen LogP contribution in [-0.2, 0) is 22.6 Å². The maximum absolute atomic E-state index is 12.2. The molecular formula is C20H16N4O3S. The number of fused-ring (bicyclic) bond motifs is 1. The number of carbonyl (C=O) groups excluding carboxylic acids is 1. The topological polar surface area (TPSA) is 86.5 Å². The molecule has 4 aromatic heterocycles. The van der Waals surface area contributed by atoms with E-state index in [0.717, 1.165) is 16.1 Å². The Morgan fingerprint density at radius 1 is 1.21 bits per heavy atom. The normalized spacial score (nSPS) is 10.9. The van der Waals surface area contributed by atoms with Crippen LogP contribution >= 0.6 is 11.3 Å². The van der Waals surface area contributed by atoms with E-state index in [-0.39, 0.29) is 18.6 Å². The summed E-state index contributed by atoms with van der Waals surface area (Å²) >= 11 is 1.45. The number of ether oxygens (including phenoxy) is 1. The summed E-state index contributed by atoms with van der Waals surface area (Å²) in [6.07, 6.45) is 5.15. The summed E-state index contributed by atoms with van der Waals surface area (Å²) in [7, 11) is 0. The van der Waals surface area contributed by atoms with Crippen LogP contribution in [0, 0.1) is 6.92 Å². The van der Waals surface area contributed by atoms with Gasteiger partial charge >= 0.3 is 5.97 Å². The molecule has 7 nitrogen and oxygen atoms in total. The average Bonchev–Trinajstić information content (AvgIpc) is 3.16. The van der Waals surface area contributed by atoms with Crippen LogP contribution in [0.2, 0.25) is 0 Å². The molecule has 28 heavy (non-hydrogen) atoms. The van der Waals surface area contributed by atoms with Crippen molar-refractivity contribution in [3.05, 3.63) is 81.6 Å². The fraction of sp³-hybridized carbons (Fsp3) is 0.150. The van der Waals surface area contributed by atoms with Gasteiger partial charge in [0.05, 0.1) is 17.8 Å². The number of aryl methyl sites for hydroxylation is 1. The van der Waals surface area contributed by atoms with E-state index in [1.54, 1.807) is 24.7 Å². The second-order valence-corrected chi connectivity index (χ2v) is 7.05. The quantitative estimate of drug-likeness (QED) is 0.486. The lowest BCUT2D eigenvalue weighted by molar-refractivity contribution is -0.144. The second-order valence-electron chi connectivity index (χ2n) is 6.19. The van der Waals surface area contributed by atoms with Crippen LogP contribution in [0.25, 0.3) is 16.2 Å². The van der Waals surface area contributed by atoms with Gasteiger partial charge in [0, 0.05) is 35.6 Å². The number of pyridine rings is 2. The molecule has 4 rings (SSSR count). The predicted molar refractivity (Wildman–Crippen MR) is 105 cm³/mol. The molecule has 0 atom stereocenters. The van der Waals surface area contributed by atoms with E-state index in [0.29, 0.717) is 17.0 Å². The van der Waals surface area contributed by atoms with E-state index in [9.17, 15) is 9.59 Å². The molecule has 0 spiro atoms. The van der Waals surface area contributed by atoms with E-state index < -0.39 is 5.97 Å². The van der Waals surface area contributed by atoms with E-state index in [2.05, 4.69) is 15.0 Å². The molecule has 0 fully saturated rings. The molecular weight excluding hydrogens is 376 g/mol. The number of hydrogen-bond acceptors (Lipinski definition) is 7. The lowest BCUT2D eigenvalue weighted by Gasteiger charge is -2.07. The molecule has 0 amide bonds. The van der Waals surface area contributed by atoms with Crippen LogP contribution < -0.4 is 5.56 Å². The minimum atomic E-state index is -0.421. The van der Waals surface area contributed by atoms with E-state index in [1.165, 1.54) is 21.8 Å². The molecule has 0 aromatic carbocycles. The van der Waals surface area contributed by atoms with Crippen LogP contribution in [-0.4, -0.2) is 25.3 Å².